The molecule has 37 heavy (non-hydrogen) atoms. The normalized spacial score (nSPS) is 19.3. The van der Waals surface area contributed by atoms with Gasteiger partial charge in [-0.2, -0.15) is 0 Å². The molecule has 0 saturated heterocycles. The zero-order chi connectivity index (χ0) is 27.1. The fourth-order valence-corrected chi connectivity index (χ4v) is 15.2. The number of carbonyl (C=O) groups is 2. The highest BCUT2D eigenvalue weighted by Gasteiger charge is 2.41. The molecule has 4 rings (SSSR count). The molecule has 1 N–H and O–H groups in total. The Bertz CT molecular complexity index is 1270. The average Bonchev–Trinajstić information content (AvgIpc) is 3.22. The first-order valence-electron chi connectivity index (χ1n) is 12.0. The molecule has 0 aliphatic carbocycles. The second kappa shape index (κ2) is 10.1. The molecular weight excluding hydrogens is 530 g/mol. The summed E-state index contributed by atoms with van der Waals surface area (Å²) in [5, 5.41) is 5.85. The maximum atomic E-state index is 13.0. The van der Waals surface area contributed by atoms with Gasteiger partial charge >= 0.3 is 0 Å². The van der Waals surface area contributed by atoms with E-state index in [2.05, 4.69) is 31.5 Å². The number of carbonyl (C=O) groups excluding carboxylic acids is 2. The minimum atomic E-state index is -1.65. The number of fused-ring (bicyclic) bond motifs is 1. The molecule has 1 amide bonds. The molecule has 2 aromatic rings. The minimum absolute atomic E-state index is 0.0764. The van der Waals surface area contributed by atoms with E-state index in [0.717, 1.165) is 0 Å². The van der Waals surface area contributed by atoms with Crippen molar-refractivity contribution in [2.45, 2.75) is 44.4 Å². The van der Waals surface area contributed by atoms with Gasteiger partial charge in [-0.1, -0.05) is 60.3 Å². The Morgan fingerprint density at radius 1 is 0.919 bits per heavy atom. The van der Waals surface area contributed by atoms with Gasteiger partial charge in [0.05, 0.1) is 48.6 Å². The van der Waals surface area contributed by atoms with E-state index in [9.17, 15) is 9.59 Å². The van der Waals surface area contributed by atoms with Gasteiger partial charge < -0.3 is 29.0 Å². The quantitative estimate of drug-likeness (QED) is 0.403. The first-order valence-corrected chi connectivity index (χ1v) is 18.7. The van der Waals surface area contributed by atoms with E-state index in [1.807, 2.05) is 12.1 Å². The smallest absolute Gasteiger partial charge is 0.289 e. The number of nitrogens with one attached hydrogen (secondary N) is 1. The van der Waals surface area contributed by atoms with E-state index in [1.165, 1.54) is 49.9 Å². The van der Waals surface area contributed by atoms with E-state index in [-0.39, 0.29) is 11.6 Å². The average molecular weight is 562 g/mol. The van der Waals surface area contributed by atoms with Crippen LogP contribution in [0.25, 0.3) is 0 Å². The summed E-state index contributed by atoms with van der Waals surface area (Å²) in [6.07, 6.45) is -0.260. The van der Waals surface area contributed by atoms with Crippen molar-refractivity contribution in [1.29, 1.82) is 0 Å². The van der Waals surface area contributed by atoms with Crippen LogP contribution < -0.4 is 34.6 Å². The molecule has 0 saturated carbocycles. The molecular formula is C26H32ClNO7Si2. The van der Waals surface area contributed by atoms with E-state index in [1.54, 1.807) is 12.1 Å². The van der Waals surface area contributed by atoms with Crippen molar-refractivity contribution in [3.63, 3.8) is 0 Å². The van der Waals surface area contributed by atoms with Crippen LogP contribution in [-0.4, -0.2) is 55.3 Å². The zero-order valence-corrected chi connectivity index (χ0v) is 24.9. The van der Waals surface area contributed by atoms with Crippen molar-refractivity contribution in [2.24, 2.45) is 0 Å². The number of hydrogen-bond donors (Lipinski definition) is 1. The van der Waals surface area contributed by atoms with Crippen LogP contribution in [0.2, 0.25) is 43.3 Å². The highest BCUT2D eigenvalue weighted by atomic mass is 35.5. The summed E-state index contributed by atoms with van der Waals surface area (Å²) in [4.78, 5) is 25.7. The number of benzene rings is 2. The van der Waals surface area contributed by atoms with Crippen LogP contribution in [0.15, 0.2) is 36.3 Å². The van der Waals surface area contributed by atoms with Crippen LogP contribution in [0.3, 0.4) is 0 Å². The Morgan fingerprint density at radius 3 is 2.03 bits per heavy atom. The third-order valence-electron chi connectivity index (χ3n) is 7.07. The van der Waals surface area contributed by atoms with Gasteiger partial charge in [0, 0.05) is 12.1 Å². The second-order valence-corrected chi connectivity index (χ2v) is 20.5. The lowest BCUT2D eigenvalue weighted by Crippen LogP contribution is -2.63. The van der Waals surface area contributed by atoms with Crippen LogP contribution in [-0.2, 0) is 14.3 Å². The van der Waals surface area contributed by atoms with Crippen molar-refractivity contribution in [3.8, 4) is 23.0 Å². The van der Waals surface area contributed by atoms with Gasteiger partial charge in [0.25, 0.3) is 11.9 Å². The van der Waals surface area contributed by atoms with Gasteiger partial charge in [-0.25, -0.2) is 0 Å². The number of rotatable bonds is 7. The summed E-state index contributed by atoms with van der Waals surface area (Å²) in [6, 6.07) is 9.69. The number of amides is 1. The number of anilines is 1. The van der Waals surface area contributed by atoms with Crippen LogP contribution in [0.1, 0.15) is 0 Å². The molecule has 1 unspecified atom stereocenters. The number of methoxy groups -OCH3 is 3. The number of ketones is 1. The second-order valence-electron chi connectivity index (χ2n) is 10.5. The summed E-state index contributed by atoms with van der Waals surface area (Å²) in [5.41, 5.74) is 0.248. The monoisotopic (exact) mass is 561 g/mol. The number of halogens is 1. The van der Waals surface area contributed by atoms with Gasteiger partial charge in [0.1, 0.15) is 28.7 Å². The fourth-order valence-electron chi connectivity index (χ4n) is 4.71. The Balaban J connectivity index is 1.54. The maximum absolute atomic E-state index is 13.0. The van der Waals surface area contributed by atoms with Crippen molar-refractivity contribution in [2.75, 3.05) is 26.6 Å². The number of hydrogen-bond acceptors (Lipinski definition) is 7. The summed E-state index contributed by atoms with van der Waals surface area (Å²) in [7, 11) is 1.17. The lowest BCUT2D eigenvalue weighted by Gasteiger charge is -2.39. The Kier molecular flexibility index (Phi) is 7.37. The first kappa shape index (κ1) is 27.1. The molecule has 198 valence electrons. The molecule has 8 nitrogen and oxygen atoms in total. The van der Waals surface area contributed by atoms with E-state index >= 15 is 0 Å². The Hall–Kier alpha value is -2.96. The molecule has 1 atom stereocenters. The van der Waals surface area contributed by atoms with Gasteiger partial charge in [-0.15, -0.1) is 0 Å². The molecule has 2 aromatic carbocycles. The molecule has 0 spiro atoms. The lowest BCUT2D eigenvalue weighted by molar-refractivity contribution is -0.134. The highest BCUT2D eigenvalue weighted by molar-refractivity contribution is 7.03. The third-order valence-corrected chi connectivity index (χ3v) is 14.9. The number of ether oxygens (including phenoxy) is 5. The minimum Gasteiger partial charge on any atom is -0.496 e. The molecule has 11 heteroatoms. The maximum Gasteiger partial charge on any atom is 0.289 e. The molecule has 0 bridgehead atoms. The molecule has 0 radical (unpaired) electrons. The van der Waals surface area contributed by atoms with E-state index < -0.39 is 33.9 Å². The van der Waals surface area contributed by atoms with Crippen LogP contribution in [0, 0.1) is 0 Å². The zero-order valence-electron chi connectivity index (χ0n) is 22.1. The van der Waals surface area contributed by atoms with Gasteiger partial charge in [0.15, 0.2) is 0 Å². The summed E-state index contributed by atoms with van der Waals surface area (Å²) < 4.78 is 27.5. The fraction of sp³-hybridized carbons (Fsp3) is 0.385. The topological polar surface area (TPSA) is 92.3 Å². The predicted octanol–water partition coefficient (Wildman–Crippen LogP) is 4.04. The first-order chi connectivity index (χ1) is 17.4. The molecule has 2 aliphatic rings. The Morgan fingerprint density at radius 2 is 1.49 bits per heavy atom. The predicted molar refractivity (Wildman–Crippen MR) is 149 cm³/mol. The van der Waals surface area contributed by atoms with Crippen molar-refractivity contribution < 1.29 is 33.3 Å². The van der Waals surface area contributed by atoms with Gasteiger partial charge in [0.2, 0.25) is 11.9 Å². The van der Waals surface area contributed by atoms with Crippen LogP contribution >= 0.6 is 11.6 Å². The summed E-state index contributed by atoms with van der Waals surface area (Å²) in [6.45, 7) is 9.43. The van der Waals surface area contributed by atoms with Crippen LogP contribution in [0.5, 0.6) is 23.0 Å². The summed E-state index contributed by atoms with van der Waals surface area (Å²) in [5.74, 6) is 0.197. The van der Waals surface area contributed by atoms with E-state index in [0.29, 0.717) is 28.0 Å². The molecule has 0 fully saturated rings. The SMILES string of the molecule is COc1cc(OC)c(NC(=O)C2OC(Oc3cc4c(cc3Cl)[Si](C)(C)CC[Si]4(C)C)=CC2=O)c(OC)c1. The van der Waals surface area contributed by atoms with E-state index in [4.69, 9.17) is 35.3 Å². The van der Waals surface area contributed by atoms with Crippen molar-refractivity contribution in [3.05, 3.63) is 41.3 Å². The third kappa shape index (κ3) is 5.23. The summed E-state index contributed by atoms with van der Waals surface area (Å²) >= 11 is 6.62. The van der Waals surface area contributed by atoms with Gasteiger partial charge in [-0.05, 0) is 12.1 Å². The Labute approximate surface area is 223 Å². The van der Waals surface area contributed by atoms with Crippen molar-refractivity contribution >= 4 is 55.5 Å². The molecule has 2 aliphatic heterocycles. The standard InChI is InChI=1S/C26H32ClNO7Si2/c1-31-15-10-19(32-2)24(20(11-15)33-3)28-26(30)25-17(29)13-23(35-25)34-18-14-22-21(12-16(18)27)36(4,5)8-9-37(22,6)7/h10-14,25H,8-9H2,1-7H3,(H,28,30). The highest BCUT2D eigenvalue weighted by Crippen LogP contribution is 2.39. The molecule has 2 heterocycles. The molecule has 0 aromatic heterocycles. The lowest BCUT2D eigenvalue weighted by atomic mass is 10.2. The van der Waals surface area contributed by atoms with Gasteiger partial charge in [-0.3, -0.25) is 9.59 Å². The largest absolute Gasteiger partial charge is 0.496 e. The van der Waals surface area contributed by atoms with Crippen molar-refractivity contribution in [1.82, 2.24) is 0 Å². The van der Waals surface area contributed by atoms with Crippen LogP contribution in [0.4, 0.5) is 5.69 Å².